The number of Topliss-reactive ketones (excluding diaryl/α,β-unsaturated/α-hetero) is 1. The van der Waals surface area contributed by atoms with E-state index in [0.717, 1.165) is 56.3 Å². The molecule has 3 N–H and O–H groups in total. The van der Waals surface area contributed by atoms with Gasteiger partial charge >= 0.3 is 0 Å². The number of rotatable bonds is 4. The Morgan fingerprint density at radius 2 is 1.90 bits per heavy atom. The molecule has 5 heteroatoms. The highest BCUT2D eigenvalue weighted by molar-refractivity contribution is 5.84. The molecule has 0 saturated heterocycles. The van der Waals surface area contributed by atoms with Gasteiger partial charge in [-0.1, -0.05) is 12.8 Å². The van der Waals surface area contributed by atoms with E-state index in [1.165, 1.54) is 30.5 Å². The van der Waals surface area contributed by atoms with Gasteiger partial charge in [-0.15, -0.1) is 6.42 Å². The summed E-state index contributed by atoms with van der Waals surface area (Å²) in [5, 5.41) is 20.8. The number of terminal acetylenes is 1. The molecule has 0 aromatic heterocycles. The van der Waals surface area contributed by atoms with Gasteiger partial charge in [-0.3, -0.25) is 4.79 Å². The van der Waals surface area contributed by atoms with Crippen molar-refractivity contribution >= 4 is 5.78 Å². The third-order valence-corrected chi connectivity index (χ3v) is 9.53. The molecule has 0 aromatic rings. The van der Waals surface area contributed by atoms with Crippen LogP contribution >= 0.6 is 0 Å². The topological polar surface area (TPSA) is 90.4 Å². The maximum absolute atomic E-state index is 13.2. The lowest BCUT2D eigenvalue weighted by molar-refractivity contribution is -0.132. The largest absolute Gasteiger partial charge is 0.390 e. The lowest BCUT2D eigenvalue weighted by atomic mass is 9.49. The van der Waals surface area contributed by atoms with Gasteiger partial charge in [0.1, 0.15) is 11.6 Å². The van der Waals surface area contributed by atoms with Crippen LogP contribution in [0, 0.1) is 64.6 Å². The molecule has 31 heavy (non-hydrogen) atoms. The van der Waals surface area contributed by atoms with Crippen molar-refractivity contribution in [2.24, 2.45) is 46.8 Å². The summed E-state index contributed by atoms with van der Waals surface area (Å²) < 4.78 is 0. The number of carbonyl (C=O) groups excluding carboxylic acids is 1. The highest BCUT2D eigenvalue weighted by atomic mass is 16.3. The minimum absolute atomic E-state index is 0.0408. The zero-order chi connectivity index (χ0) is 22.4. The van der Waals surface area contributed by atoms with Gasteiger partial charge in [-0.2, -0.15) is 5.26 Å². The van der Waals surface area contributed by atoms with Crippen LogP contribution in [0.1, 0.15) is 71.6 Å². The Morgan fingerprint density at radius 3 is 2.61 bits per heavy atom. The van der Waals surface area contributed by atoms with Crippen LogP contribution in [0.25, 0.3) is 0 Å². The minimum Gasteiger partial charge on any atom is -0.390 e. The molecule has 0 amide bonds. The smallest absolute Gasteiger partial charge is 0.157 e. The van der Waals surface area contributed by atoms with Gasteiger partial charge in [-0.25, -0.2) is 5.84 Å². The van der Waals surface area contributed by atoms with Crippen LogP contribution < -0.4 is 5.84 Å². The van der Waals surface area contributed by atoms with E-state index < -0.39 is 5.60 Å². The number of carbonyl (C=O) groups is 1. The maximum atomic E-state index is 13.2. The molecule has 4 rings (SSSR count). The second kappa shape index (κ2) is 8.27. The zero-order valence-corrected chi connectivity index (χ0v) is 19.0. The fourth-order valence-corrected chi connectivity index (χ4v) is 8.21. The van der Waals surface area contributed by atoms with E-state index in [1.54, 1.807) is 0 Å². The summed E-state index contributed by atoms with van der Waals surface area (Å²) in [6.45, 7) is 4.47. The molecule has 4 saturated carbocycles. The first-order valence-corrected chi connectivity index (χ1v) is 12.0. The molecule has 4 aliphatic carbocycles. The first-order valence-electron chi connectivity index (χ1n) is 12.0. The number of ketones is 1. The van der Waals surface area contributed by atoms with Crippen LogP contribution in [0.15, 0.2) is 11.8 Å². The van der Waals surface area contributed by atoms with Crippen LogP contribution in [-0.4, -0.2) is 28.0 Å². The van der Waals surface area contributed by atoms with E-state index in [0.29, 0.717) is 11.8 Å². The minimum atomic E-state index is -0.477. The average molecular weight is 424 g/mol. The van der Waals surface area contributed by atoms with Gasteiger partial charge in [-0.05, 0) is 99.7 Å². The van der Waals surface area contributed by atoms with Gasteiger partial charge in [0.15, 0.2) is 5.78 Å². The fourth-order valence-electron chi connectivity index (χ4n) is 8.21. The van der Waals surface area contributed by atoms with Crippen LogP contribution in [-0.2, 0) is 4.79 Å². The van der Waals surface area contributed by atoms with Crippen molar-refractivity contribution < 1.29 is 9.90 Å². The Hall–Kier alpha value is -1.82. The normalized spacial score (nSPS) is 44.3. The molecule has 5 nitrogen and oxygen atoms in total. The van der Waals surface area contributed by atoms with Crippen molar-refractivity contribution in [3.8, 4) is 18.4 Å². The van der Waals surface area contributed by atoms with Crippen LogP contribution in [0.3, 0.4) is 0 Å². The summed E-state index contributed by atoms with van der Waals surface area (Å²) in [5.74, 6) is 12.0. The first kappa shape index (κ1) is 22.4. The number of nitrogens with zero attached hydrogens (tertiary/aromatic N) is 2. The van der Waals surface area contributed by atoms with Crippen molar-refractivity contribution in [2.45, 2.75) is 77.2 Å². The zero-order valence-electron chi connectivity index (χ0n) is 19.0. The number of hydrazine groups is 1. The summed E-state index contributed by atoms with van der Waals surface area (Å²) in [4.78, 5) is 13.2. The molecule has 0 aromatic carbocycles. The molecule has 0 heterocycles. The maximum Gasteiger partial charge on any atom is 0.157 e. The molecule has 0 radical (unpaired) electrons. The Kier molecular flexibility index (Phi) is 5.97. The quantitative estimate of drug-likeness (QED) is 0.311. The van der Waals surface area contributed by atoms with Crippen molar-refractivity contribution in [2.75, 3.05) is 6.54 Å². The number of hydrogen-bond donors (Lipinski definition) is 2. The number of nitrogens with two attached hydrogens (primary N) is 1. The molecular formula is C26H37N3O2. The number of fused-ring (bicyclic) bond motifs is 5. The lowest BCUT2D eigenvalue weighted by Gasteiger charge is -2.56. The van der Waals surface area contributed by atoms with Crippen LogP contribution in [0.5, 0.6) is 0 Å². The lowest BCUT2D eigenvalue weighted by Crippen LogP contribution is -2.51. The SMILES string of the molecule is C#C/C(C#N)=C\N(N)CC(=O)[C@H]1CC[C@H]2[C@@H]3CC[C@@H]4C[C@](C)(O)CC[C@@H]4[C@H]3CC[C@]12C. The predicted octanol–water partition coefficient (Wildman–Crippen LogP) is 3.79. The Morgan fingerprint density at radius 1 is 1.16 bits per heavy atom. The Labute approximate surface area is 187 Å². The molecular weight excluding hydrogens is 386 g/mol. The third kappa shape index (κ3) is 4.04. The number of aliphatic hydroxyl groups is 1. The molecule has 4 aliphatic rings. The highest BCUT2D eigenvalue weighted by Crippen LogP contribution is 2.64. The number of nitriles is 1. The van der Waals surface area contributed by atoms with Crippen LogP contribution in [0.2, 0.25) is 0 Å². The first-order chi connectivity index (χ1) is 14.7. The molecule has 0 spiro atoms. The van der Waals surface area contributed by atoms with Crippen LogP contribution in [0.4, 0.5) is 0 Å². The number of hydrogen-bond acceptors (Lipinski definition) is 5. The van der Waals surface area contributed by atoms with Gasteiger partial charge in [0.2, 0.25) is 0 Å². The van der Waals surface area contributed by atoms with Gasteiger partial charge in [0.25, 0.3) is 0 Å². The van der Waals surface area contributed by atoms with E-state index >= 15 is 0 Å². The molecule has 8 atom stereocenters. The highest BCUT2D eigenvalue weighted by Gasteiger charge is 2.58. The monoisotopic (exact) mass is 423 g/mol. The summed E-state index contributed by atoms with van der Waals surface area (Å²) in [6, 6.07) is 1.91. The summed E-state index contributed by atoms with van der Waals surface area (Å²) in [5.41, 5.74) is -0.287. The van der Waals surface area contributed by atoms with Crippen molar-refractivity contribution in [1.82, 2.24) is 5.01 Å². The molecule has 168 valence electrons. The van der Waals surface area contributed by atoms with Crippen molar-refractivity contribution in [1.29, 1.82) is 5.26 Å². The fraction of sp³-hybridized carbons (Fsp3) is 0.769. The second-order valence-electron chi connectivity index (χ2n) is 11.3. The number of allylic oxidation sites excluding steroid dienone is 1. The van der Waals surface area contributed by atoms with Crippen molar-refractivity contribution in [3.05, 3.63) is 11.8 Å². The predicted molar refractivity (Wildman–Crippen MR) is 120 cm³/mol. The van der Waals surface area contributed by atoms with E-state index in [2.05, 4.69) is 12.8 Å². The summed E-state index contributed by atoms with van der Waals surface area (Å²) in [6.07, 6.45) is 16.6. The van der Waals surface area contributed by atoms with E-state index in [1.807, 2.05) is 13.0 Å². The van der Waals surface area contributed by atoms with Crippen molar-refractivity contribution in [3.63, 3.8) is 0 Å². The standard InChI is InChI=1S/C26H37N3O2/c1-4-17(14-27)15-29(28)16-24(30)23-8-7-22-21-6-5-18-13-25(2,31)11-9-19(18)20(21)10-12-26(22,23)3/h1,15,18-23,31H,5-13,16,28H2,2-3H3/b17-15+/t18-,19+,20-,21-,22+,23-,25-,26+/m1/s1. The Bertz CT molecular complexity index is 819. The molecule has 0 aliphatic heterocycles. The molecule has 4 fully saturated rings. The van der Waals surface area contributed by atoms with Gasteiger partial charge in [0, 0.05) is 12.1 Å². The second-order valence-corrected chi connectivity index (χ2v) is 11.3. The Balaban J connectivity index is 1.45. The summed E-state index contributed by atoms with van der Waals surface area (Å²) in [7, 11) is 0. The van der Waals surface area contributed by atoms with E-state index in [4.69, 9.17) is 17.5 Å². The van der Waals surface area contributed by atoms with Gasteiger partial charge in [0.05, 0.1) is 12.1 Å². The molecule has 0 bridgehead atoms. The van der Waals surface area contributed by atoms with E-state index in [-0.39, 0.29) is 29.2 Å². The van der Waals surface area contributed by atoms with E-state index in [9.17, 15) is 9.90 Å². The molecule has 0 unspecified atom stereocenters. The third-order valence-electron chi connectivity index (χ3n) is 9.53. The summed E-state index contributed by atoms with van der Waals surface area (Å²) >= 11 is 0. The van der Waals surface area contributed by atoms with Gasteiger partial charge < -0.3 is 10.1 Å². The average Bonchev–Trinajstić information content (AvgIpc) is 3.08.